The fourth-order valence-electron chi connectivity index (χ4n) is 1.55. The molecular formula is C14H12AsFNO. The van der Waals surface area contributed by atoms with Crippen molar-refractivity contribution in [1.82, 2.24) is 5.32 Å². The maximum atomic E-state index is 13.0. The average Bonchev–Trinajstić information content (AvgIpc) is 2.36. The van der Waals surface area contributed by atoms with Crippen molar-refractivity contribution in [2.24, 2.45) is 0 Å². The van der Waals surface area contributed by atoms with Gasteiger partial charge in [-0.1, -0.05) is 0 Å². The summed E-state index contributed by atoms with van der Waals surface area (Å²) < 4.78 is 14.0. The molecule has 0 spiro atoms. The number of rotatable bonds is 3. The van der Waals surface area contributed by atoms with E-state index in [1.807, 2.05) is 12.1 Å². The Bertz CT molecular complexity index is 571. The topological polar surface area (TPSA) is 29.1 Å². The normalized spacial score (nSPS) is 10.1. The predicted molar refractivity (Wildman–Crippen MR) is 71.0 cm³/mol. The Morgan fingerprint density at radius 1 is 1.33 bits per heavy atom. The molecule has 2 aromatic carbocycles. The van der Waals surface area contributed by atoms with Gasteiger partial charge < -0.3 is 0 Å². The Balaban J connectivity index is 2.00. The van der Waals surface area contributed by atoms with Crippen molar-refractivity contribution in [3.05, 3.63) is 65.5 Å². The second-order valence-corrected chi connectivity index (χ2v) is 5.27. The van der Waals surface area contributed by atoms with Gasteiger partial charge in [-0.05, 0) is 0 Å². The Hall–Kier alpha value is -1.60. The monoisotopic (exact) mass is 304 g/mol. The fraction of sp³-hybridized carbons (Fsp3) is 0.0714. The van der Waals surface area contributed by atoms with Gasteiger partial charge in [0, 0.05) is 0 Å². The van der Waals surface area contributed by atoms with Gasteiger partial charge in [-0.15, -0.1) is 0 Å². The van der Waals surface area contributed by atoms with Crippen LogP contribution in [0.3, 0.4) is 0 Å². The van der Waals surface area contributed by atoms with Gasteiger partial charge in [-0.2, -0.15) is 0 Å². The third-order valence-corrected chi connectivity index (χ3v) is 3.11. The van der Waals surface area contributed by atoms with Crippen LogP contribution in [0.5, 0.6) is 0 Å². The zero-order valence-electron chi connectivity index (χ0n) is 9.61. The van der Waals surface area contributed by atoms with Crippen LogP contribution in [0.1, 0.15) is 15.9 Å². The zero-order chi connectivity index (χ0) is 13.0. The van der Waals surface area contributed by atoms with Crippen LogP contribution in [0.4, 0.5) is 4.39 Å². The molecule has 0 aliphatic heterocycles. The molecule has 0 bridgehead atoms. The molecule has 0 aromatic heterocycles. The molecule has 0 heterocycles. The number of carbonyl (C=O) groups is 1. The van der Waals surface area contributed by atoms with Gasteiger partial charge >= 0.3 is 114 Å². The Kier molecular flexibility index (Phi) is 4.16. The summed E-state index contributed by atoms with van der Waals surface area (Å²) in [6, 6.07) is 14.4. The molecule has 1 amide bonds. The predicted octanol–water partition coefficient (Wildman–Crippen LogP) is 0.814. The molecule has 0 saturated carbocycles. The molecule has 1 unspecified atom stereocenters. The van der Waals surface area contributed by atoms with Crippen molar-refractivity contribution in [1.29, 1.82) is 0 Å². The number of halogens is 1. The van der Waals surface area contributed by atoms with Gasteiger partial charge in [0.05, 0.1) is 0 Å². The molecule has 0 aliphatic carbocycles. The molecule has 4 heteroatoms. The Labute approximate surface area is 114 Å². The molecule has 2 aromatic rings. The molecule has 1 radical (unpaired) electrons. The summed E-state index contributed by atoms with van der Waals surface area (Å²) in [7, 11) is 0. The standard InChI is InChI=1S/C14H12AsFNO/c15-12-5-2-4-11(8-12)14(18)17-9-10-3-1-6-13(16)7-10/h1,3-8H,9,15H2,(H,17,18). The quantitative estimate of drug-likeness (QED) is 0.836. The van der Waals surface area contributed by atoms with Gasteiger partial charge in [-0.3, -0.25) is 0 Å². The third-order valence-electron chi connectivity index (χ3n) is 2.42. The second kappa shape index (κ2) is 5.83. The summed E-state index contributed by atoms with van der Waals surface area (Å²) in [6.07, 6.45) is 0. The first-order valence-corrected chi connectivity index (χ1v) is 6.65. The molecule has 0 fully saturated rings. The van der Waals surface area contributed by atoms with Crippen molar-refractivity contribution in [2.75, 3.05) is 0 Å². The minimum absolute atomic E-state index is 0.171. The van der Waals surface area contributed by atoms with Crippen molar-refractivity contribution < 1.29 is 9.18 Å². The van der Waals surface area contributed by atoms with E-state index in [-0.39, 0.29) is 11.7 Å². The van der Waals surface area contributed by atoms with E-state index in [4.69, 9.17) is 0 Å². The third kappa shape index (κ3) is 3.44. The number of carbonyl (C=O) groups excluding carboxylic acids is 1. The van der Waals surface area contributed by atoms with Gasteiger partial charge in [-0.25, -0.2) is 0 Å². The first kappa shape index (κ1) is 12.8. The van der Waals surface area contributed by atoms with Crippen LogP contribution in [0.15, 0.2) is 42.5 Å². The van der Waals surface area contributed by atoms with Crippen LogP contribution in [0.2, 0.25) is 0 Å². The van der Waals surface area contributed by atoms with E-state index in [0.29, 0.717) is 12.1 Å². The van der Waals surface area contributed by atoms with Gasteiger partial charge in [0.1, 0.15) is 0 Å². The number of benzene rings is 2. The molecule has 91 valence electrons. The summed E-state index contributed by atoms with van der Waals surface area (Å²) in [5.41, 5.74) is 1.32. The van der Waals surface area contributed by atoms with E-state index >= 15 is 0 Å². The van der Waals surface area contributed by atoms with E-state index in [2.05, 4.69) is 11.4 Å². The van der Waals surface area contributed by atoms with Crippen LogP contribution >= 0.6 is 0 Å². The SMILES string of the molecule is O=C(NCc1cccc(F)c1)c1c[c]cc([AsH2])c1. The summed E-state index contributed by atoms with van der Waals surface area (Å²) >= 11 is 1.45. The van der Waals surface area contributed by atoms with Crippen molar-refractivity contribution in [3.63, 3.8) is 0 Å². The minimum atomic E-state index is -0.298. The van der Waals surface area contributed by atoms with Crippen molar-refractivity contribution >= 4 is 27.1 Å². The summed E-state index contributed by atoms with van der Waals surface area (Å²) in [5.74, 6) is -0.469. The average molecular weight is 304 g/mol. The number of nitrogens with one attached hydrogen (secondary N) is 1. The molecule has 18 heavy (non-hydrogen) atoms. The van der Waals surface area contributed by atoms with Crippen molar-refractivity contribution in [3.8, 4) is 0 Å². The van der Waals surface area contributed by atoms with Gasteiger partial charge in [0.15, 0.2) is 0 Å². The van der Waals surface area contributed by atoms with Crippen molar-refractivity contribution in [2.45, 2.75) is 6.54 Å². The molecule has 1 N–H and O–H groups in total. The number of hydrogen-bond acceptors (Lipinski definition) is 1. The molecule has 1 atom stereocenters. The molecule has 0 aliphatic rings. The second-order valence-electron chi connectivity index (χ2n) is 3.87. The van der Waals surface area contributed by atoms with E-state index < -0.39 is 0 Å². The molecule has 0 saturated heterocycles. The number of hydrogen-bond donors (Lipinski definition) is 1. The van der Waals surface area contributed by atoms with E-state index in [0.717, 1.165) is 9.91 Å². The van der Waals surface area contributed by atoms with Gasteiger partial charge in [0.25, 0.3) is 0 Å². The van der Waals surface area contributed by atoms with Crippen LogP contribution in [0.25, 0.3) is 0 Å². The van der Waals surface area contributed by atoms with E-state index in [9.17, 15) is 9.18 Å². The summed E-state index contributed by atoms with van der Waals surface area (Å²) in [4.78, 5) is 11.8. The van der Waals surface area contributed by atoms with E-state index in [1.54, 1.807) is 18.2 Å². The fourth-order valence-corrected chi connectivity index (χ4v) is 2.13. The first-order chi connectivity index (χ1) is 8.65. The van der Waals surface area contributed by atoms with Crippen LogP contribution < -0.4 is 9.67 Å². The number of amides is 1. The molecular weight excluding hydrogens is 292 g/mol. The van der Waals surface area contributed by atoms with E-state index in [1.165, 1.54) is 29.0 Å². The Morgan fingerprint density at radius 3 is 2.89 bits per heavy atom. The molecule has 2 nitrogen and oxygen atoms in total. The van der Waals surface area contributed by atoms with Gasteiger partial charge in [0.2, 0.25) is 0 Å². The maximum absolute atomic E-state index is 13.0. The Morgan fingerprint density at radius 2 is 2.17 bits per heavy atom. The van der Waals surface area contributed by atoms with Crippen LogP contribution in [0, 0.1) is 11.9 Å². The first-order valence-electron chi connectivity index (χ1n) is 5.44. The summed E-state index contributed by atoms with van der Waals surface area (Å²) in [6.45, 7) is 0.315. The van der Waals surface area contributed by atoms with Crippen LogP contribution in [-0.4, -0.2) is 22.8 Å². The van der Waals surface area contributed by atoms with Crippen LogP contribution in [-0.2, 0) is 6.54 Å². The zero-order valence-corrected chi connectivity index (χ0v) is 12.0. The summed E-state index contributed by atoms with van der Waals surface area (Å²) in [5, 5.41) is 2.75. The molecule has 2 rings (SSSR count).